The molecule has 0 heterocycles. The summed E-state index contributed by atoms with van der Waals surface area (Å²) < 4.78 is 0. The van der Waals surface area contributed by atoms with E-state index in [2.05, 4.69) is 19.2 Å². The Morgan fingerprint density at radius 1 is 1.54 bits per heavy atom. The molecule has 0 atom stereocenters. The Morgan fingerprint density at radius 3 is 2.46 bits per heavy atom. The SMILES string of the molecule is CC(C)CCC(=O)NC(C)(C)C#N. The van der Waals surface area contributed by atoms with Gasteiger partial charge in [-0.05, 0) is 26.2 Å². The summed E-state index contributed by atoms with van der Waals surface area (Å²) in [5, 5.41) is 11.3. The molecule has 3 heteroatoms. The van der Waals surface area contributed by atoms with E-state index in [0.717, 1.165) is 6.42 Å². The van der Waals surface area contributed by atoms with Crippen molar-refractivity contribution in [1.82, 2.24) is 5.32 Å². The fourth-order valence-electron chi connectivity index (χ4n) is 0.859. The van der Waals surface area contributed by atoms with E-state index in [1.54, 1.807) is 13.8 Å². The smallest absolute Gasteiger partial charge is 0.221 e. The molecular formula is C10H18N2O. The Labute approximate surface area is 80.1 Å². The summed E-state index contributed by atoms with van der Waals surface area (Å²) in [6, 6.07) is 2.03. The number of hydrogen-bond donors (Lipinski definition) is 1. The van der Waals surface area contributed by atoms with Crippen LogP contribution in [0.15, 0.2) is 0 Å². The monoisotopic (exact) mass is 182 g/mol. The van der Waals surface area contributed by atoms with Gasteiger partial charge in [-0.1, -0.05) is 13.8 Å². The molecule has 13 heavy (non-hydrogen) atoms. The van der Waals surface area contributed by atoms with Gasteiger partial charge in [0.1, 0.15) is 5.54 Å². The molecule has 0 aromatic heterocycles. The van der Waals surface area contributed by atoms with E-state index in [4.69, 9.17) is 5.26 Å². The van der Waals surface area contributed by atoms with Gasteiger partial charge in [-0.2, -0.15) is 5.26 Å². The van der Waals surface area contributed by atoms with E-state index in [-0.39, 0.29) is 5.91 Å². The van der Waals surface area contributed by atoms with Crippen LogP contribution in [-0.2, 0) is 4.79 Å². The van der Waals surface area contributed by atoms with E-state index >= 15 is 0 Å². The van der Waals surface area contributed by atoms with Gasteiger partial charge in [0.15, 0.2) is 0 Å². The number of carbonyl (C=O) groups excluding carboxylic acids is 1. The maximum Gasteiger partial charge on any atom is 0.221 e. The molecule has 0 saturated heterocycles. The zero-order valence-electron chi connectivity index (χ0n) is 8.85. The van der Waals surface area contributed by atoms with Gasteiger partial charge in [-0.3, -0.25) is 4.79 Å². The third-order valence-corrected chi connectivity index (χ3v) is 1.68. The van der Waals surface area contributed by atoms with Crippen LogP contribution in [0.1, 0.15) is 40.5 Å². The first kappa shape index (κ1) is 12.0. The summed E-state index contributed by atoms with van der Waals surface area (Å²) in [5.74, 6) is 0.483. The first-order valence-electron chi connectivity index (χ1n) is 4.59. The van der Waals surface area contributed by atoms with Crippen molar-refractivity contribution in [1.29, 1.82) is 5.26 Å². The minimum absolute atomic E-state index is 0.0414. The van der Waals surface area contributed by atoms with Gasteiger partial charge in [0.2, 0.25) is 5.91 Å². The Kier molecular flexibility index (Phi) is 4.47. The van der Waals surface area contributed by atoms with Crippen LogP contribution < -0.4 is 5.32 Å². The minimum Gasteiger partial charge on any atom is -0.338 e. The summed E-state index contributed by atoms with van der Waals surface area (Å²) in [6.07, 6.45) is 1.37. The van der Waals surface area contributed by atoms with Crippen molar-refractivity contribution in [3.63, 3.8) is 0 Å². The molecule has 0 fully saturated rings. The van der Waals surface area contributed by atoms with Crippen LogP contribution in [0.5, 0.6) is 0 Å². The Balaban J connectivity index is 3.83. The number of amides is 1. The summed E-state index contributed by atoms with van der Waals surface area (Å²) in [4.78, 5) is 11.3. The highest BCUT2D eigenvalue weighted by molar-refractivity contribution is 5.77. The molecule has 0 saturated carbocycles. The van der Waals surface area contributed by atoms with Crippen molar-refractivity contribution in [3.8, 4) is 6.07 Å². The second kappa shape index (κ2) is 4.86. The lowest BCUT2D eigenvalue weighted by Gasteiger charge is -2.17. The number of rotatable bonds is 4. The number of nitrogens with zero attached hydrogens (tertiary/aromatic N) is 1. The molecular weight excluding hydrogens is 164 g/mol. The van der Waals surface area contributed by atoms with Gasteiger partial charge < -0.3 is 5.32 Å². The van der Waals surface area contributed by atoms with E-state index < -0.39 is 5.54 Å². The van der Waals surface area contributed by atoms with E-state index in [0.29, 0.717) is 12.3 Å². The molecule has 0 aliphatic heterocycles. The van der Waals surface area contributed by atoms with Crippen molar-refractivity contribution >= 4 is 5.91 Å². The average Bonchev–Trinajstić information content (AvgIpc) is 2.00. The quantitative estimate of drug-likeness (QED) is 0.721. The lowest BCUT2D eigenvalue weighted by molar-refractivity contribution is -0.122. The molecule has 1 amide bonds. The fourth-order valence-corrected chi connectivity index (χ4v) is 0.859. The van der Waals surface area contributed by atoms with Crippen molar-refractivity contribution in [2.24, 2.45) is 5.92 Å². The highest BCUT2D eigenvalue weighted by Crippen LogP contribution is 2.05. The maximum atomic E-state index is 11.3. The lowest BCUT2D eigenvalue weighted by Crippen LogP contribution is -2.42. The summed E-state index contributed by atoms with van der Waals surface area (Å²) in [7, 11) is 0. The standard InChI is InChI=1S/C10H18N2O/c1-8(2)5-6-9(13)12-10(3,4)7-11/h8H,5-6H2,1-4H3,(H,12,13). The molecule has 0 unspecified atom stereocenters. The molecule has 1 N–H and O–H groups in total. The molecule has 0 aromatic rings. The molecule has 0 aliphatic rings. The predicted molar refractivity (Wildman–Crippen MR) is 51.9 cm³/mol. The Morgan fingerprint density at radius 2 is 2.08 bits per heavy atom. The highest BCUT2D eigenvalue weighted by atomic mass is 16.1. The zero-order chi connectivity index (χ0) is 10.5. The molecule has 74 valence electrons. The van der Waals surface area contributed by atoms with Gasteiger partial charge >= 0.3 is 0 Å². The second-order valence-electron chi connectivity index (χ2n) is 4.22. The van der Waals surface area contributed by atoms with Gasteiger partial charge in [0.05, 0.1) is 6.07 Å². The first-order valence-corrected chi connectivity index (χ1v) is 4.59. The third kappa shape index (κ3) is 6.15. The topological polar surface area (TPSA) is 52.9 Å². The Hall–Kier alpha value is -1.04. The van der Waals surface area contributed by atoms with Crippen LogP contribution >= 0.6 is 0 Å². The summed E-state index contributed by atoms with van der Waals surface area (Å²) >= 11 is 0. The minimum atomic E-state index is -0.742. The van der Waals surface area contributed by atoms with Crippen LogP contribution in [0.2, 0.25) is 0 Å². The molecule has 0 spiro atoms. The number of hydrogen-bond acceptors (Lipinski definition) is 2. The molecule has 0 radical (unpaired) electrons. The van der Waals surface area contributed by atoms with E-state index in [1.165, 1.54) is 0 Å². The van der Waals surface area contributed by atoms with Crippen LogP contribution in [0.25, 0.3) is 0 Å². The van der Waals surface area contributed by atoms with Crippen LogP contribution in [0, 0.1) is 17.2 Å². The number of carbonyl (C=O) groups is 1. The highest BCUT2D eigenvalue weighted by Gasteiger charge is 2.18. The normalized spacial score (nSPS) is 11.1. The van der Waals surface area contributed by atoms with Gasteiger partial charge in [-0.15, -0.1) is 0 Å². The molecule has 0 bridgehead atoms. The lowest BCUT2D eigenvalue weighted by atomic mass is 10.1. The Bertz CT molecular complexity index is 213. The van der Waals surface area contributed by atoms with Crippen molar-refractivity contribution in [2.75, 3.05) is 0 Å². The van der Waals surface area contributed by atoms with Gasteiger partial charge in [-0.25, -0.2) is 0 Å². The second-order valence-corrected chi connectivity index (χ2v) is 4.22. The third-order valence-electron chi connectivity index (χ3n) is 1.68. The largest absolute Gasteiger partial charge is 0.338 e. The van der Waals surface area contributed by atoms with E-state index in [1.807, 2.05) is 6.07 Å². The first-order chi connectivity index (χ1) is 5.87. The van der Waals surface area contributed by atoms with Crippen molar-refractivity contribution in [3.05, 3.63) is 0 Å². The fraction of sp³-hybridized carbons (Fsp3) is 0.800. The number of nitriles is 1. The van der Waals surface area contributed by atoms with Crippen LogP contribution in [-0.4, -0.2) is 11.4 Å². The molecule has 0 aliphatic carbocycles. The van der Waals surface area contributed by atoms with Crippen molar-refractivity contribution in [2.45, 2.75) is 46.1 Å². The molecule has 0 rings (SSSR count). The van der Waals surface area contributed by atoms with Crippen LogP contribution in [0.4, 0.5) is 0 Å². The van der Waals surface area contributed by atoms with Gasteiger partial charge in [0, 0.05) is 6.42 Å². The molecule has 0 aromatic carbocycles. The van der Waals surface area contributed by atoms with E-state index in [9.17, 15) is 4.79 Å². The zero-order valence-corrected chi connectivity index (χ0v) is 8.85. The van der Waals surface area contributed by atoms with Crippen molar-refractivity contribution < 1.29 is 4.79 Å². The number of nitrogens with one attached hydrogen (secondary N) is 1. The predicted octanol–water partition coefficient (Wildman–Crippen LogP) is 1.84. The van der Waals surface area contributed by atoms with Gasteiger partial charge in [0.25, 0.3) is 0 Å². The average molecular weight is 182 g/mol. The summed E-state index contributed by atoms with van der Waals surface area (Å²) in [5.41, 5.74) is -0.742. The summed E-state index contributed by atoms with van der Waals surface area (Å²) in [6.45, 7) is 7.53. The maximum absolute atomic E-state index is 11.3. The van der Waals surface area contributed by atoms with Crippen LogP contribution in [0.3, 0.4) is 0 Å². The molecule has 3 nitrogen and oxygen atoms in total.